The predicted octanol–water partition coefficient (Wildman–Crippen LogP) is 2.47. The van der Waals surface area contributed by atoms with Gasteiger partial charge in [0.15, 0.2) is 4.77 Å². The van der Waals surface area contributed by atoms with Crippen LogP contribution in [0.25, 0.3) is 10.9 Å². The first-order chi connectivity index (χ1) is 10.7. The molecule has 3 aromatic rings. The SMILES string of the molecule is O=c1[nH]c(=S)[nH]c2c1CCN(Cc1cccc3cc[nH]c13)C2. The van der Waals surface area contributed by atoms with Gasteiger partial charge in [-0.2, -0.15) is 0 Å². The quantitative estimate of drug-likeness (QED) is 0.637. The zero-order chi connectivity index (χ0) is 15.1. The average Bonchev–Trinajstić information content (AvgIpc) is 2.96. The Morgan fingerprint density at radius 2 is 2.14 bits per heavy atom. The van der Waals surface area contributed by atoms with Crippen LogP contribution in [0.1, 0.15) is 16.8 Å². The number of aromatic nitrogens is 3. The van der Waals surface area contributed by atoms with Gasteiger partial charge in [0.25, 0.3) is 5.56 Å². The van der Waals surface area contributed by atoms with Gasteiger partial charge in [-0.15, -0.1) is 0 Å². The third-order valence-corrected chi connectivity index (χ3v) is 4.46. The summed E-state index contributed by atoms with van der Waals surface area (Å²) in [6.07, 6.45) is 2.72. The highest BCUT2D eigenvalue weighted by Gasteiger charge is 2.20. The fourth-order valence-electron chi connectivity index (χ4n) is 3.19. The van der Waals surface area contributed by atoms with E-state index in [1.54, 1.807) is 0 Å². The van der Waals surface area contributed by atoms with Crippen molar-refractivity contribution in [2.24, 2.45) is 0 Å². The third kappa shape index (κ3) is 2.30. The number of rotatable bonds is 2. The minimum Gasteiger partial charge on any atom is -0.361 e. The molecule has 0 spiro atoms. The molecule has 0 bridgehead atoms. The van der Waals surface area contributed by atoms with Crippen molar-refractivity contribution in [1.29, 1.82) is 0 Å². The number of fused-ring (bicyclic) bond motifs is 2. The van der Waals surface area contributed by atoms with E-state index in [4.69, 9.17) is 12.2 Å². The maximum atomic E-state index is 11.9. The highest BCUT2D eigenvalue weighted by molar-refractivity contribution is 7.71. The number of para-hydroxylation sites is 1. The van der Waals surface area contributed by atoms with E-state index in [9.17, 15) is 4.79 Å². The van der Waals surface area contributed by atoms with E-state index in [1.807, 2.05) is 6.20 Å². The smallest absolute Gasteiger partial charge is 0.255 e. The molecule has 1 aromatic carbocycles. The summed E-state index contributed by atoms with van der Waals surface area (Å²) in [5.74, 6) is 0. The molecule has 3 heterocycles. The highest BCUT2D eigenvalue weighted by atomic mass is 32.1. The molecular weight excluding hydrogens is 296 g/mol. The number of nitrogens with zero attached hydrogens (tertiary/aromatic N) is 1. The monoisotopic (exact) mass is 312 g/mol. The van der Waals surface area contributed by atoms with Crippen LogP contribution in [-0.2, 0) is 19.5 Å². The number of benzene rings is 1. The predicted molar refractivity (Wildman–Crippen MR) is 88.4 cm³/mol. The lowest BCUT2D eigenvalue weighted by Crippen LogP contribution is -2.34. The van der Waals surface area contributed by atoms with Gasteiger partial charge in [0, 0.05) is 42.6 Å². The van der Waals surface area contributed by atoms with Crippen LogP contribution < -0.4 is 5.56 Å². The van der Waals surface area contributed by atoms with Crippen molar-refractivity contribution in [3.8, 4) is 0 Å². The maximum absolute atomic E-state index is 11.9. The lowest BCUT2D eigenvalue weighted by molar-refractivity contribution is 0.241. The molecule has 0 radical (unpaired) electrons. The molecule has 1 aliphatic rings. The van der Waals surface area contributed by atoms with Gasteiger partial charge in [-0.3, -0.25) is 14.7 Å². The normalized spacial score (nSPS) is 15.1. The van der Waals surface area contributed by atoms with Crippen molar-refractivity contribution in [2.45, 2.75) is 19.5 Å². The van der Waals surface area contributed by atoms with Gasteiger partial charge in [0.1, 0.15) is 0 Å². The Morgan fingerprint density at radius 3 is 3.05 bits per heavy atom. The summed E-state index contributed by atoms with van der Waals surface area (Å²) < 4.78 is 0.400. The molecule has 22 heavy (non-hydrogen) atoms. The molecule has 0 amide bonds. The van der Waals surface area contributed by atoms with Crippen molar-refractivity contribution < 1.29 is 0 Å². The molecule has 2 aromatic heterocycles. The summed E-state index contributed by atoms with van der Waals surface area (Å²) in [5, 5.41) is 1.23. The van der Waals surface area contributed by atoms with E-state index in [-0.39, 0.29) is 5.56 Å². The van der Waals surface area contributed by atoms with Crippen LogP contribution in [0, 0.1) is 4.77 Å². The van der Waals surface area contributed by atoms with Crippen LogP contribution in [0.4, 0.5) is 0 Å². The van der Waals surface area contributed by atoms with Gasteiger partial charge < -0.3 is 9.97 Å². The summed E-state index contributed by atoms with van der Waals surface area (Å²) in [6.45, 7) is 2.45. The Balaban J connectivity index is 1.64. The van der Waals surface area contributed by atoms with Crippen LogP contribution in [0.15, 0.2) is 35.3 Å². The topological polar surface area (TPSA) is 67.7 Å². The van der Waals surface area contributed by atoms with Gasteiger partial charge >= 0.3 is 0 Å². The second-order valence-corrected chi connectivity index (χ2v) is 6.09. The van der Waals surface area contributed by atoms with Crippen molar-refractivity contribution >= 4 is 23.1 Å². The molecule has 0 atom stereocenters. The molecule has 6 heteroatoms. The summed E-state index contributed by atoms with van der Waals surface area (Å²) in [7, 11) is 0. The summed E-state index contributed by atoms with van der Waals surface area (Å²) in [4.78, 5) is 23.4. The van der Waals surface area contributed by atoms with Crippen molar-refractivity contribution in [3.05, 3.63) is 62.4 Å². The fraction of sp³-hybridized carbons (Fsp3) is 0.250. The first-order valence-electron chi connectivity index (χ1n) is 7.32. The van der Waals surface area contributed by atoms with Crippen LogP contribution >= 0.6 is 12.2 Å². The molecule has 112 valence electrons. The zero-order valence-corrected chi connectivity index (χ0v) is 12.8. The number of nitrogens with one attached hydrogen (secondary N) is 3. The minimum absolute atomic E-state index is 0.0510. The number of H-pyrrole nitrogens is 3. The Labute approximate surface area is 132 Å². The molecule has 0 saturated carbocycles. The second kappa shape index (κ2) is 5.23. The zero-order valence-electron chi connectivity index (χ0n) is 12.0. The summed E-state index contributed by atoms with van der Waals surface area (Å²) in [6, 6.07) is 8.43. The molecule has 0 aliphatic carbocycles. The molecule has 4 rings (SSSR count). The molecule has 0 fully saturated rings. The van der Waals surface area contributed by atoms with E-state index >= 15 is 0 Å². The van der Waals surface area contributed by atoms with Gasteiger partial charge in [0.05, 0.1) is 0 Å². The van der Waals surface area contributed by atoms with Crippen molar-refractivity contribution in [1.82, 2.24) is 19.9 Å². The molecule has 5 nitrogen and oxygen atoms in total. The van der Waals surface area contributed by atoms with Crippen LogP contribution in [0.3, 0.4) is 0 Å². The van der Waals surface area contributed by atoms with E-state index < -0.39 is 0 Å². The third-order valence-electron chi connectivity index (χ3n) is 4.26. The Bertz CT molecular complexity index is 952. The van der Waals surface area contributed by atoms with Gasteiger partial charge in [-0.05, 0) is 35.7 Å². The largest absolute Gasteiger partial charge is 0.361 e. The van der Waals surface area contributed by atoms with Gasteiger partial charge in [0.2, 0.25) is 0 Å². The van der Waals surface area contributed by atoms with E-state index in [0.717, 1.165) is 37.3 Å². The number of hydrogen-bond acceptors (Lipinski definition) is 3. The Hall–Kier alpha value is -2.18. The fourth-order valence-corrected chi connectivity index (χ4v) is 3.40. The lowest BCUT2D eigenvalue weighted by atomic mass is 10.1. The Kier molecular flexibility index (Phi) is 3.20. The molecule has 1 aliphatic heterocycles. The molecule has 3 N–H and O–H groups in total. The molecular formula is C16H16N4OS. The second-order valence-electron chi connectivity index (χ2n) is 5.69. The van der Waals surface area contributed by atoms with Gasteiger partial charge in [-0.1, -0.05) is 18.2 Å². The van der Waals surface area contributed by atoms with Crippen LogP contribution in [-0.4, -0.2) is 26.4 Å². The standard InChI is InChI=1S/C16H16N4OS/c21-15-12-5-7-20(9-13(12)18-16(22)19-15)8-11-3-1-2-10-4-6-17-14(10)11/h1-4,6,17H,5,7-9H2,(H2,18,19,21,22). The highest BCUT2D eigenvalue weighted by Crippen LogP contribution is 2.21. The van der Waals surface area contributed by atoms with E-state index in [2.05, 4.69) is 44.1 Å². The Morgan fingerprint density at radius 1 is 1.23 bits per heavy atom. The van der Waals surface area contributed by atoms with E-state index in [1.165, 1.54) is 16.5 Å². The summed E-state index contributed by atoms with van der Waals surface area (Å²) in [5.41, 5.74) is 4.19. The summed E-state index contributed by atoms with van der Waals surface area (Å²) >= 11 is 5.07. The molecule has 0 saturated heterocycles. The van der Waals surface area contributed by atoms with Crippen molar-refractivity contribution in [2.75, 3.05) is 6.54 Å². The first kappa shape index (κ1) is 13.5. The maximum Gasteiger partial charge on any atom is 0.255 e. The van der Waals surface area contributed by atoms with Crippen LogP contribution in [0.2, 0.25) is 0 Å². The average molecular weight is 312 g/mol. The molecule has 0 unspecified atom stereocenters. The lowest BCUT2D eigenvalue weighted by Gasteiger charge is -2.28. The van der Waals surface area contributed by atoms with Gasteiger partial charge in [-0.25, -0.2) is 0 Å². The van der Waals surface area contributed by atoms with E-state index in [0.29, 0.717) is 4.77 Å². The number of aromatic amines is 3. The number of hydrogen-bond donors (Lipinski definition) is 3. The van der Waals surface area contributed by atoms with Crippen molar-refractivity contribution in [3.63, 3.8) is 0 Å². The minimum atomic E-state index is -0.0510. The van der Waals surface area contributed by atoms with Crippen LogP contribution in [0.5, 0.6) is 0 Å². The first-order valence-corrected chi connectivity index (χ1v) is 7.73.